The lowest BCUT2D eigenvalue weighted by molar-refractivity contribution is -0.136. The fraction of sp³-hybridized carbons (Fsp3) is 0.469. The van der Waals surface area contributed by atoms with Crippen LogP contribution < -0.4 is 21.9 Å². The Morgan fingerprint density at radius 3 is 2.24 bits per heavy atom. The van der Waals surface area contributed by atoms with Gasteiger partial charge in [0.05, 0.1) is 30.7 Å². The van der Waals surface area contributed by atoms with Crippen molar-refractivity contribution in [3.05, 3.63) is 117 Å². The summed E-state index contributed by atoms with van der Waals surface area (Å²) in [7, 11) is 1.79. The van der Waals surface area contributed by atoms with Crippen LogP contribution in [-0.4, -0.2) is 78.8 Å². The van der Waals surface area contributed by atoms with E-state index in [0.29, 0.717) is 56.5 Å². The van der Waals surface area contributed by atoms with Crippen LogP contribution in [0.2, 0.25) is 0 Å². The number of likely N-dealkylation sites (tertiary alicyclic amines) is 1. The molecule has 5 N–H and O–H groups in total. The van der Waals surface area contributed by atoms with Crippen LogP contribution in [0.15, 0.2) is 83.9 Å². The Morgan fingerprint density at radius 1 is 0.871 bits per heavy atom. The summed E-state index contributed by atoms with van der Waals surface area (Å²) in [6.07, 6.45) is 12.7. The van der Waals surface area contributed by atoms with Crippen molar-refractivity contribution < 1.29 is 19.5 Å². The number of rotatable bonds is 22. The predicted molar refractivity (Wildman–Crippen MR) is 243 cm³/mol. The first kappa shape index (κ1) is 45.9. The van der Waals surface area contributed by atoms with Gasteiger partial charge in [0.1, 0.15) is 5.52 Å². The number of carbonyl (C=O) groups excluding carboxylic acids is 3. The normalized spacial score (nSPS) is 14.2. The Morgan fingerprint density at radius 2 is 1.55 bits per heavy atom. The van der Waals surface area contributed by atoms with Crippen molar-refractivity contribution in [1.82, 2.24) is 34.9 Å². The summed E-state index contributed by atoms with van der Waals surface area (Å²) in [4.78, 5) is 57.2. The van der Waals surface area contributed by atoms with Gasteiger partial charge in [-0.25, -0.2) is 4.98 Å². The van der Waals surface area contributed by atoms with Crippen LogP contribution >= 0.6 is 0 Å². The summed E-state index contributed by atoms with van der Waals surface area (Å²) < 4.78 is 3.10. The summed E-state index contributed by atoms with van der Waals surface area (Å²) in [5, 5.41) is 22.3. The van der Waals surface area contributed by atoms with Gasteiger partial charge >= 0.3 is 0 Å². The Bertz CT molecular complexity index is 2330. The van der Waals surface area contributed by atoms with Crippen LogP contribution in [0.4, 0.5) is 0 Å². The van der Waals surface area contributed by atoms with Gasteiger partial charge in [-0.2, -0.15) is 5.10 Å². The van der Waals surface area contributed by atoms with Crippen LogP contribution in [-0.2, 0) is 36.1 Å². The quantitative estimate of drug-likeness (QED) is 0.0585. The Kier molecular flexibility index (Phi) is 16.2. The van der Waals surface area contributed by atoms with Crippen molar-refractivity contribution in [2.75, 3.05) is 26.2 Å². The molecule has 6 rings (SSSR count). The van der Waals surface area contributed by atoms with Crippen LogP contribution in [0.3, 0.4) is 0 Å². The molecule has 0 aliphatic carbocycles. The molecule has 1 unspecified atom stereocenters. The zero-order chi connectivity index (χ0) is 44.1. The highest BCUT2D eigenvalue weighted by Crippen LogP contribution is 2.29. The third kappa shape index (κ3) is 12.3. The number of aromatic nitrogens is 4. The molecule has 13 heteroatoms. The van der Waals surface area contributed by atoms with Gasteiger partial charge in [-0.15, -0.1) is 0 Å². The van der Waals surface area contributed by atoms with Gasteiger partial charge < -0.3 is 26.4 Å². The van der Waals surface area contributed by atoms with E-state index in [-0.39, 0.29) is 47.8 Å². The smallest absolute Gasteiger partial charge is 0.281 e. The Labute approximate surface area is 365 Å². The van der Waals surface area contributed by atoms with E-state index in [0.717, 1.165) is 60.1 Å². The van der Waals surface area contributed by atoms with Crippen LogP contribution in [0.5, 0.6) is 0 Å². The molecule has 0 saturated carbocycles. The van der Waals surface area contributed by atoms with Crippen molar-refractivity contribution in [3.8, 4) is 11.3 Å². The molecule has 3 amide bonds. The van der Waals surface area contributed by atoms with Gasteiger partial charge in [0.2, 0.25) is 17.7 Å². The maximum atomic E-state index is 13.6. The molecule has 13 nitrogen and oxygen atoms in total. The van der Waals surface area contributed by atoms with Crippen molar-refractivity contribution in [2.45, 2.75) is 116 Å². The number of carbonyl (C=O) groups is 3. The number of unbranched alkanes of at least 4 members (excludes halogenated alkanes) is 7. The van der Waals surface area contributed by atoms with Gasteiger partial charge in [0.15, 0.2) is 5.52 Å². The highest BCUT2D eigenvalue weighted by molar-refractivity contribution is 5.94. The Hall–Kier alpha value is -5.66. The molecule has 330 valence electrons. The molecule has 62 heavy (non-hydrogen) atoms. The third-order valence-electron chi connectivity index (χ3n) is 12.4. The first-order valence-corrected chi connectivity index (χ1v) is 22.3. The zero-order valence-electron chi connectivity index (χ0n) is 36.7. The summed E-state index contributed by atoms with van der Waals surface area (Å²) in [5.74, 6) is -0.207. The lowest BCUT2D eigenvalue weighted by Crippen LogP contribution is -2.49. The highest BCUT2D eigenvalue weighted by Gasteiger charge is 2.35. The number of amides is 3. The number of hydrogen-bond acceptors (Lipinski definition) is 8. The molecule has 2 aromatic heterocycles. The number of fused-ring (bicyclic) bond motifs is 1. The second-order valence-electron chi connectivity index (χ2n) is 17.2. The topological polar surface area (TPSA) is 177 Å². The standard InChI is InChI=1S/C49H64N8O5/c1-35(38-16-12-10-13-17-38)30-43(59)56-28-25-49(62,26-29-56)33-57-34-53-44-45(48(57)61)54-55(3)46(44)40-23-21-37(22-24-40)31-51-32-42(58)52-27-14-9-7-5-4-6-8-11-18-39-19-15-20-41(36(39)2)47(50)60/h10,12-13,15-17,19-24,34-35,51,62H,4-9,11,14,18,25-33H2,1-3H3,(H2,50,60)(H,52,58). The van der Waals surface area contributed by atoms with Gasteiger partial charge in [0.25, 0.3) is 5.56 Å². The summed E-state index contributed by atoms with van der Waals surface area (Å²) in [5.41, 5.74) is 11.3. The SMILES string of the molecule is Cc1c(CCCCCCCCCCNC(=O)CNCc2ccc(-c3c4ncn(CC5(O)CCN(C(=O)CC(C)c6ccccc6)CC5)c(=O)c4nn3C)cc2)cccc1C(N)=O. The van der Waals surface area contributed by atoms with E-state index in [1.165, 1.54) is 42.1 Å². The molecule has 1 aliphatic rings. The van der Waals surface area contributed by atoms with Gasteiger partial charge in [-0.1, -0.05) is 112 Å². The fourth-order valence-electron chi connectivity index (χ4n) is 8.58. The lowest BCUT2D eigenvalue weighted by Gasteiger charge is -2.38. The molecule has 1 atom stereocenters. The summed E-state index contributed by atoms with van der Waals surface area (Å²) >= 11 is 0. The van der Waals surface area contributed by atoms with Crippen molar-refractivity contribution in [3.63, 3.8) is 0 Å². The van der Waals surface area contributed by atoms with Crippen LogP contribution in [0.25, 0.3) is 22.3 Å². The molecule has 5 aromatic rings. The van der Waals surface area contributed by atoms with Gasteiger partial charge in [-0.3, -0.25) is 28.4 Å². The van der Waals surface area contributed by atoms with E-state index in [9.17, 15) is 24.3 Å². The maximum absolute atomic E-state index is 13.6. The molecule has 0 bridgehead atoms. The average Bonchev–Trinajstić information content (AvgIpc) is 3.61. The predicted octanol–water partition coefficient (Wildman–Crippen LogP) is 6.32. The third-order valence-corrected chi connectivity index (χ3v) is 12.4. The van der Waals surface area contributed by atoms with Crippen molar-refractivity contribution in [1.29, 1.82) is 0 Å². The maximum Gasteiger partial charge on any atom is 0.281 e. The zero-order valence-corrected chi connectivity index (χ0v) is 36.7. The van der Waals surface area contributed by atoms with E-state index in [2.05, 4.69) is 33.7 Å². The van der Waals surface area contributed by atoms with Gasteiger partial charge in [0, 0.05) is 50.8 Å². The molecule has 0 spiro atoms. The minimum atomic E-state index is -1.14. The first-order valence-electron chi connectivity index (χ1n) is 22.3. The van der Waals surface area contributed by atoms with E-state index in [1.54, 1.807) is 17.8 Å². The molecular formula is C49H64N8O5. The molecule has 3 heterocycles. The minimum absolute atomic E-state index is 0.0202. The van der Waals surface area contributed by atoms with E-state index >= 15 is 0 Å². The summed E-state index contributed by atoms with van der Waals surface area (Å²) in [6, 6.07) is 23.7. The number of nitrogens with zero attached hydrogens (tertiary/aromatic N) is 5. The van der Waals surface area contributed by atoms with Crippen LogP contribution in [0.1, 0.15) is 116 Å². The van der Waals surface area contributed by atoms with E-state index in [4.69, 9.17) is 5.73 Å². The minimum Gasteiger partial charge on any atom is -0.388 e. The molecule has 3 aromatic carbocycles. The number of aryl methyl sites for hydroxylation is 2. The largest absolute Gasteiger partial charge is 0.388 e. The molecule has 1 saturated heterocycles. The van der Waals surface area contributed by atoms with E-state index < -0.39 is 5.60 Å². The first-order chi connectivity index (χ1) is 29.9. The molecule has 1 fully saturated rings. The molecule has 1 aliphatic heterocycles. The van der Waals surface area contributed by atoms with E-state index in [1.807, 2.05) is 72.5 Å². The number of piperidine rings is 1. The molecule has 0 radical (unpaired) electrons. The number of hydrogen-bond donors (Lipinski definition) is 4. The lowest BCUT2D eigenvalue weighted by atomic mass is 9.90. The number of nitrogens with two attached hydrogens (primary N) is 1. The van der Waals surface area contributed by atoms with Gasteiger partial charge in [-0.05, 0) is 73.3 Å². The number of benzene rings is 3. The monoisotopic (exact) mass is 844 g/mol. The average molecular weight is 845 g/mol. The second kappa shape index (κ2) is 21.9. The number of aliphatic hydroxyl groups is 1. The van der Waals surface area contributed by atoms with Crippen molar-refractivity contribution >= 4 is 28.8 Å². The second-order valence-corrected chi connectivity index (χ2v) is 17.2. The fourth-order valence-corrected chi connectivity index (χ4v) is 8.58. The number of nitrogens with one attached hydrogen (secondary N) is 2. The number of primary amides is 1. The Balaban J connectivity index is 0.867. The molecular weight excluding hydrogens is 781 g/mol. The van der Waals surface area contributed by atoms with Crippen molar-refractivity contribution in [2.24, 2.45) is 12.8 Å². The summed E-state index contributed by atoms with van der Waals surface area (Å²) in [6.45, 7) is 6.40. The van der Waals surface area contributed by atoms with Crippen LogP contribution in [0, 0.1) is 6.92 Å². The highest BCUT2D eigenvalue weighted by atomic mass is 16.3.